The fourth-order valence-corrected chi connectivity index (χ4v) is 6.80. The zero-order valence-corrected chi connectivity index (χ0v) is 37.1. The minimum atomic E-state index is -4.81. The van der Waals surface area contributed by atoms with Crippen LogP contribution in [0.1, 0.15) is 123 Å². The van der Waals surface area contributed by atoms with E-state index in [1.807, 2.05) is 24.3 Å². The molecule has 14 nitrogen and oxygen atoms in total. The summed E-state index contributed by atoms with van der Waals surface area (Å²) in [6.45, 7) is 2.23. The Balaban J connectivity index is 2.57. The zero-order chi connectivity index (χ0) is 45.1. The van der Waals surface area contributed by atoms with Crippen LogP contribution in [-0.2, 0) is 42.3 Å². The Kier molecular flexibility index (Phi) is 31.5. The van der Waals surface area contributed by atoms with Crippen molar-refractivity contribution >= 4 is 31.5 Å². The average molecular weight is 878 g/mol. The number of carboxylic acids is 1. The van der Waals surface area contributed by atoms with Crippen molar-refractivity contribution in [1.82, 2.24) is 0 Å². The van der Waals surface area contributed by atoms with Gasteiger partial charge >= 0.3 is 25.7 Å². The number of rotatable bonds is 35. The highest BCUT2D eigenvalue weighted by Crippen LogP contribution is 2.43. The monoisotopic (exact) mass is 877 g/mol. The number of allylic oxidation sites excluding steroid dienone is 13. The number of hydrogen-bond acceptors (Lipinski definition) is 12. The number of aliphatic hydroxyl groups is 2. The van der Waals surface area contributed by atoms with Gasteiger partial charge < -0.3 is 35.4 Å². The quantitative estimate of drug-likeness (QED) is 0.0175. The number of phosphoric acid groups is 1. The number of ketones is 1. The number of carboxylic acid groups (broad SMARTS) is 1. The van der Waals surface area contributed by atoms with E-state index in [1.165, 1.54) is 0 Å². The Morgan fingerprint density at radius 3 is 1.93 bits per heavy atom. The fraction of sp³-hybridized carbons (Fsp3) is 0.609. The van der Waals surface area contributed by atoms with Gasteiger partial charge in [-0.3, -0.25) is 28.2 Å². The van der Waals surface area contributed by atoms with E-state index in [9.17, 15) is 38.8 Å². The lowest BCUT2D eigenvalue weighted by molar-refractivity contribution is -0.161. The molecule has 0 aromatic rings. The van der Waals surface area contributed by atoms with Gasteiger partial charge in [0, 0.05) is 31.1 Å². The zero-order valence-electron chi connectivity index (χ0n) is 36.2. The largest absolute Gasteiger partial charge is 0.480 e. The third-order valence-electron chi connectivity index (χ3n) is 9.50. The van der Waals surface area contributed by atoms with Gasteiger partial charge in [0.15, 0.2) is 6.10 Å². The van der Waals surface area contributed by atoms with Crippen LogP contribution in [0, 0.1) is 11.8 Å². The summed E-state index contributed by atoms with van der Waals surface area (Å²) in [5.74, 6) is -3.57. The molecule has 0 bridgehead atoms. The summed E-state index contributed by atoms with van der Waals surface area (Å²) in [4.78, 5) is 58.7. The molecule has 6 N–H and O–H groups in total. The maximum absolute atomic E-state index is 12.7. The van der Waals surface area contributed by atoms with E-state index in [0.29, 0.717) is 38.5 Å². The van der Waals surface area contributed by atoms with E-state index in [1.54, 1.807) is 12.2 Å². The number of nitrogens with two attached hydrogens (primary N) is 1. The first-order valence-corrected chi connectivity index (χ1v) is 23.2. The molecule has 1 aliphatic rings. The number of phosphoric ester groups is 1. The molecular formula is C46H72NO13P. The summed E-state index contributed by atoms with van der Waals surface area (Å²) < 4.78 is 32.6. The summed E-state index contributed by atoms with van der Waals surface area (Å²) in [7, 11) is -4.81. The molecule has 0 heterocycles. The van der Waals surface area contributed by atoms with Crippen LogP contribution in [0.2, 0.25) is 0 Å². The molecule has 344 valence electrons. The number of Topliss-reactive ketones (excluding diaryl/α,β-unsaturated/α-hetero) is 1. The van der Waals surface area contributed by atoms with E-state index < -0.39 is 75.8 Å². The van der Waals surface area contributed by atoms with E-state index in [2.05, 4.69) is 67.0 Å². The van der Waals surface area contributed by atoms with Crippen LogP contribution in [0.5, 0.6) is 0 Å². The van der Waals surface area contributed by atoms with Gasteiger partial charge in [-0.25, -0.2) is 4.57 Å². The van der Waals surface area contributed by atoms with Crippen LogP contribution in [0.15, 0.2) is 85.1 Å². The first-order valence-electron chi connectivity index (χ1n) is 21.7. The lowest BCUT2D eigenvalue weighted by atomic mass is 9.90. The number of aliphatic hydroxyl groups excluding tert-OH is 2. The number of esters is 2. The molecule has 0 spiro atoms. The Hall–Kier alpha value is -3.75. The third kappa shape index (κ3) is 29.2. The van der Waals surface area contributed by atoms with Crippen molar-refractivity contribution in [2.45, 2.75) is 147 Å². The minimum Gasteiger partial charge on any atom is -0.480 e. The molecule has 1 aliphatic carbocycles. The molecule has 61 heavy (non-hydrogen) atoms. The van der Waals surface area contributed by atoms with Crippen molar-refractivity contribution in [1.29, 1.82) is 0 Å². The van der Waals surface area contributed by atoms with Crippen LogP contribution < -0.4 is 5.73 Å². The normalized spacial score (nSPS) is 20.0. The van der Waals surface area contributed by atoms with Crippen LogP contribution in [0.25, 0.3) is 0 Å². The Labute approximate surface area is 362 Å². The molecule has 0 aromatic heterocycles. The van der Waals surface area contributed by atoms with Gasteiger partial charge in [-0.1, -0.05) is 118 Å². The third-order valence-corrected chi connectivity index (χ3v) is 10.5. The first-order chi connectivity index (χ1) is 29.3. The van der Waals surface area contributed by atoms with Gasteiger partial charge in [0.05, 0.1) is 25.4 Å². The van der Waals surface area contributed by atoms with Crippen molar-refractivity contribution in [3.8, 4) is 0 Å². The van der Waals surface area contributed by atoms with Crippen molar-refractivity contribution < 1.29 is 62.5 Å². The smallest absolute Gasteiger partial charge is 0.472 e. The van der Waals surface area contributed by atoms with Crippen LogP contribution >= 0.6 is 7.82 Å². The Bertz CT molecular complexity index is 1520. The van der Waals surface area contributed by atoms with Crippen molar-refractivity contribution in [2.75, 3.05) is 19.8 Å². The maximum atomic E-state index is 12.7. The van der Waals surface area contributed by atoms with Gasteiger partial charge in [-0.05, 0) is 70.6 Å². The summed E-state index contributed by atoms with van der Waals surface area (Å²) in [6, 6.07) is -1.58. The fourth-order valence-electron chi connectivity index (χ4n) is 6.02. The van der Waals surface area contributed by atoms with Crippen LogP contribution in [-0.4, -0.2) is 88.1 Å². The minimum absolute atomic E-state index is 0.0470. The molecule has 0 amide bonds. The van der Waals surface area contributed by atoms with E-state index >= 15 is 0 Å². The highest BCUT2D eigenvalue weighted by Gasteiger charge is 2.39. The highest BCUT2D eigenvalue weighted by molar-refractivity contribution is 7.47. The SMILES string of the molecule is CC/C=C\C/C=C\C/C=C\C/C=C\C/C=C\CCCC(=O)OC[C@H](COP(=O)(O)OC[C@H](N)C(=O)O)OC(=O)CCC/C=C\C[C@H]1[C@@H](O)CC(=O)[C@@H]1/C=C/[C@@H](O)CCCCC. The second-order valence-corrected chi connectivity index (χ2v) is 16.3. The van der Waals surface area contributed by atoms with Gasteiger partial charge in [0.2, 0.25) is 0 Å². The molecule has 1 rings (SSSR count). The first kappa shape index (κ1) is 55.3. The lowest BCUT2D eigenvalue weighted by Crippen LogP contribution is -2.34. The number of carbonyl (C=O) groups is 4. The molecule has 0 aromatic carbocycles. The molecule has 15 heteroatoms. The molecule has 0 aliphatic heterocycles. The maximum Gasteiger partial charge on any atom is 0.472 e. The molecule has 1 saturated carbocycles. The molecule has 0 radical (unpaired) electrons. The van der Waals surface area contributed by atoms with Crippen LogP contribution in [0.3, 0.4) is 0 Å². The summed E-state index contributed by atoms with van der Waals surface area (Å²) in [5, 5.41) is 29.6. The Morgan fingerprint density at radius 2 is 1.34 bits per heavy atom. The molecule has 0 saturated heterocycles. The van der Waals surface area contributed by atoms with Gasteiger partial charge in [0.25, 0.3) is 0 Å². The second-order valence-electron chi connectivity index (χ2n) is 14.9. The predicted molar refractivity (Wildman–Crippen MR) is 236 cm³/mol. The Morgan fingerprint density at radius 1 is 0.787 bits per heavy atom. The number of carbonyl (C=O) groups excluding carboxylic acids is 3. The van der Waals surface area contributed by atoms with E-state index in [-0.39, 0.29) is 31.0 Å². The lowest BCUT2D eigenvalue weighted by Gasteiger charge is -2.20. The van der Waals surface area contributed by atoms with Gasteiger partial charge in [-0.15, -0.1) is 0 Å². The standard InChI is InChI=1S/C46H72NO13P/c1-3-5-7-8-9-10-11-12-13-14-15-16-17-18-19-20-25-29-44(51)57-34-38(35-58-61(55,56)59-36-41(47)46(53)54)60-45(52)30-26-22-21-24-28-39-40(43(50)33-42(39)49)32-31-37(48)27-23-6-4-2/h5,7,9-10,12-13,15-16,18-19,21,24,31-32,37-42,48-49H,3-4,6,8,11,14,17,20,22-23,25-30,33-36,47H2,1-2H3,(H,53,54)(H,55,56)/b7-5-,10-9-,13-12-,16-15-,19-18-,24-21-,32-31+/t37-,38+,39+,40+,41-,42-/m0/s1. The van der Waals surface area contributed by atoms with Gasteiger partial charge in [-0.2, -0.15) is 0 Å². The second kappa shape index (κ2) is 34.8. The van der Waals surface area contributed by atoms with Crippen molar-refractivity contribution in [2.24, 2.45) is 17.6 Å². The predicted octanol–water partition coefficient (Wildman–Crippen LogP) is 8.09. The van der Waals surface area contributed by atoms with E-state index in [0.717, 1.165) is 51.4 Å². The highest BCUT2D eigenvalue weighted by atomic mass is 31.2. The molecular weight excluding hydrogens is 805 g/mol. The average Bonchev–Trinajstić information content (AvgIpc) is 3.49. The van der Waals surface area contributed by atoms with E-state index in [4.69, 9.17) is 24.8 Å². The van der Waals surface area contributed by atoms with Crippen molar-refractivity contribution in [3.63, 3.8) is 0 Å². The number of aliphatic carboxylic acids is 1. The molecule has 1 fully saturated rings. The summed E-state index contributed by atoms with van der Waals surface area (Å²) >= 11 is 0. The summed E-state index contributed by atoms with van der Waals surface area (Å²) in [5.41, 5.74) is 5.32. The number of ether oxygens (including phenoxy) is 2. The van der Waals surface area contributed by atoms with Gasteiger partial charge in [0.1, 0.15) is 18.4 Å². The molecule has 7 atom stereocenters. The summed E-state index contributed by atoms with van der Waals surface area (Å²) in [6.07, 6.45) is 36.0. The van der Waals surface area contributed by atoms with Crippen molar-refractivity contribution in [3.05, 3.63) is 85.1 Å². The number of unbranched alkanes of at least 4 members (excludes halogenated alkanes) is 4. The number of hydrogen-bond donors (Lipinski definition) is 5. The molecule has 1 unspecified atom stereocenters. The van der Waals surface area contributed by atoms with Crippen LogP contribution in [0.4, 0.5) is 0 Å². The topological polar surface area (TPSA) is 229 Å².